The first-order valence-electron chi connectivity index (χ1n) is 10.9. The molecule has 0 saturated carbocycles. The molecule has 0 heterocycles. The van der Waals surface area contributed by atoms with Crippen molar-refractivity contribution >= 4 is 36.2 Å². The third-order valence-electron chi connectivity index (χ3n) is 5.69. The number of amides is 2. The van der Waals surface area contributed by atoms with E-state index in [-0.39, 0.29) is 12.3 Å². The van der Waals surface area contributed by atoms with E-state index in [9.17, 15) is 9.59 Å². The number of carbonyl (C=O) groups is 2. The van der Waals surface area contributed by atoms with E-state index >= 15 is 0 Å². The average Bonchev–Trinajstić information content (AvgIpc) is 2.74. The lowest BCUT2D eigenvalue weighted by atomic mass is 10.0. The van der Waals surface area contributed by atoms with Gasteiger partial charge in [-0.1, -0.05) is 46.0 Å². The van der Waals surface area contributed by atoms with Crippen LogP contribution in [0.1, 0.15) is 69.9 Å². The van der Waals surface area contributed by atoms with Crippen LogP contribution in [0.25, 0.3) is 0 Å². The monoisotopic (exact) mass is 414 g/mol. The van der Waals surface area contributed by atoms with E-state index in [2.05, 4.69) is 35.9 Å². The maximum atomic E-state index is 12.0. The highest BCUT2D eigenvalue weighted by molar-refractivity contribution is 6.11. The van der Waals surface area contributed by atoms with Crippen molar-refractivity contribution in [3.05, 3.63) is 23.3 Å². The zero-order valence-corrected chi connectivity index (χ0v) is 19.3. The molecule has 0 fully saturated rings. The highest BCUT2D eigenvalue weighted by Gasteiger charge is 2.20. The van der Waals surface area contributed by atoms with Crippen molar-refractivity contribution in [3.63, 3.8) is 0 Å². The van der Waals surface area contributed by atoms with Crippen LogP contribution < -0.4 is 10.2 Å². The second-order valence-corrected chi connectivity index (χ2v) is 7.95. The van der Waals surface area contributed by atoms with Crippen molar-refractivity contribution in [1.29, 1.82) is 0 Å². The summed E-state index contributed by atoms with van der Waals surface area (Å²) in [6.07, 6.45) is 7.45. The number of hydrogen-bond donors (Lipinski definition) is 1. The highest BCUT2D eigenvalue weighted by atomic mass is 16.1. The number of benzene rings is 1. The fourth-order valence-corrected chi connectivity index (χ4v) is 3.34. The minimum absolute atomic E-state index is 0.0345. The molecule has 2 amide bonds. The summed E-state index contributed by atoms with van der Waals surface area (Å²) in [5.41, 5.74) is 3.79. The number of unbranched alkanes of at least 4 members (excludes halogenated alkanes) is 3. The van der Waals surface area contributed by atoms with Gasteiger partial charge in [0, 0.05) is 13.6 Å². The van der Waals surface area contributed by atoms with Gasteiger partial charge in [-0.25, -0.2) is 4.99 Å². The number of carbonyl (C=O) groups excluding carboxylic acids is 2. The van der Waals surface area contributed by atoms with E-state index in [1.807, 2.05) is 30.9 Å². The molecule has 1 N–H and O–H groups in total. The van der Waals surface area contributed by atoms with Crippen LogP contribution in [0.3, 0.4) is 0 Å². The lowest BCUT2D eigenvalue weighted by Gasteiger charge is -2.28. The quantitative estimate of drug-likeness (QED) is 0.210. The molecule has 1 atom stereocenters. The number of aliphatic imine (C=N–C) groups is 2. The summed E-state index contributed by atoms with van der Waals surface area (Å²) in [7, 11) is 1.58. The third-order valence-corrected chi connectivity index (χ3v) is 5.69. The van der Waals surface area contributed by atoms with Gasteiger partial charge in [0.1, 0.15) is 5.84 Å². The van der Waals surface area contributed by atoms with Gasteiger partial charge in [0.25, 0.3) is 0 Å². The van der Waals surface area contributed by atoms with Crippen LogP contribution in [0.2, 0.25) is 0 Å². The fraction of sp³-hybridized carbons (Fsp3) is 0.583. The maximum absolute atomic E-state index is 12.0. The number of aryl methyl sites for hydroxylation is 2. The minimum Gasteiger partial charge on any atom is -0.359 e. The van der Waals surface area contributed by atoms with Crippen LogP contribution in [0.15, 0.2) is 22.1 Å². The summed E-state index contributed by atoms with van der Waals surface area (Å²) in [5, 5.41) is 2.61. The molecule has 0 bridgehead atoms. The molecule has 6 nitrogen and oxygen atoms in total. The molecule has 0 aliphatic carbocycles. The van der Waals surface area contributed by atoms with Gasteiger partial charge in [0.05, 0.1) is 17.8 Å². The predicted molar refractivity (Wildman–Crippen MR) is 127 cm³/mol. The zero-order chi connectivity index (χ0) is 22.5. The van der Waals surface area contributed by atoms with Gasteiger partial charge in [0.2, 0.25) is 12.3 Å². The van der Waals surface area contributed by atoms with Gasteiger partial charge in [-0.05, 0) is 56.2 Å². The zero-order valence-electron chi connectivity index (χ0n) is 19.3. The molecule has 1 aromatic carbocycles. The van der Waals surface area contributed by atoms with E-state index < -0.39 is 0 Å². The number of anilines is 1. The second-order valence-electron chi connectivity index (χ2n) is 7.95. The van der Waals surface area contributed by atoms with Crippen molar-refractivity contribution < 1.29 is 9.59 Å². The molecule has 0 spiro atoms. The molecule has 0 aliphatic rings. The van der Waals surface area contributed by atoms with Gasteiger partial charge in [0.15, 0.2) is 0 Å². The standard InChI is InChI=1S/C24H38N4O2/c1-7-18(2)12-10-8-9-11-13-28(23(27-17-29)16-24(30)26-6)22-15-20(4)19(3)14-21(22)25-5/h14-15,17-18H,5,7-13,16H2,1-4,6H3,(H,26,30). The second kappa shape index (κ2) is 13.7. The molecular formula is C24H38N4O2. The van der Waals surface area contributed by atoms with E-state index in [1.54, 1.807) is 7.05 Å². The van der Waals surface area contributed by atoms with Gasteiger partial charge in [-0.15, -0.1) is 0 Å². The Hall–Kier alpha value is -2.50. The van der Waals surface area contributed by atoms with Gasteiger partial charge in [-0.2, -0.15) is 0 Å². The van der Waals surface area contributed by atoms with Crippen molar-refractivity contribution in [2.45, 2.75) is 72.6 Å². The van der Waals surface area contributed by atoms with Gasteiger partial charge in [-0.3, -0.25) is 14.6 Å². The summed E-state index contributed by atoms with van der Waals surface area (Å²) in [6, 6.07) is 4.02. The van der Waals surface area contributed by atoms with Crippen LogP contribution in [-0.4, -0.2) is 38.5 Å². The van der Waals surface area contributed by atoms with Gasteiger partial charge >= 0.3 is 0 Å². The third kappa shape index (κ3) is 8.09. The predicted octanol–water partition coefficient (Wildman–Crippen LogP) is 5.13. The summed E-state index contributed by atoms with van der Waals surface area (Å²) >= 11 is 0. The summed E-state index contributed by atoms with van der Waals surface area (Å²) in [4.78, 5) is 33.4. The van der Waals surface area contributed by atoms with Crippen LogP contribution in [0.4, 0.5) is 11.4 Å². The smallest absolute Gasteiger partial charge is 0.234 e. The Balaban J connectivity index is 3.07. The Labute approximate surface area is 181 Å². The first kappa shape index (κ1) is 25.5. The first-order chi connectivity index (χ1) is 14.4. The molecule has 6 heteroatoms. The number of nitrogens with one attached hydrogen (secondary N) is 1. The van der Waals surface area contributed by atoms with Crippen LogP contribution in [0.5, 0.6) is 0 Å². The molecule has 1 aromatic rings. The van der Waals surface area contributed by atoms with Crippen molar-refractivity contribution in [2.24, 2.45) is 15.9 Å². The molecular weight excluding hydrogens is 376 g/mol. The van der Waals surface area contributed by atoms with Crippen molar-refractivity contribution in [1.82, 2.24) is 5.32 Å². The fourth-order valence-electron chi connectivity index (χ4n) is 3.34. The Bertz CT molecular complexity index is 743. The summed E-state index contributed by atoms with van der Waals surface area (Å²) in [6.45, 7) is 13.0. The van der Waals surface area contributed by atoms with Gasteiger partial charge < -0.3 is 10.2 Å². The lowest BCUT2D eigenvalue weighted by Crippen LogP contribution is -2.36. The molecule has 30 heavy (non-hydrogen) atoms. The Morgan fingerprint density at radius 1 is 1.20 bits per heavy atom. The molecule has 0 saturated heterocycles. The average molecular weight is 415 g/mol. The van der Waals surface area contributed by atoms with Crippen molar-refractivity contribution in [2.75, 3.05) is 18.5 Å². The molecule has 0 radical (unpaired) electrons. The SMILES string of the molecule is C=Nc1cc(C)c(C)cc1N(CCCCCCC(C)CC)C(CC(=O)NC)=NC=O. The molecule has 0 aliphatic heterocycles. The molecule has 1 unspecified atom stereocenters. The first-order valence-corrected chi connectivity index (χ1v) is 10.9. The summed E-state index contributed by atoms with van der Waals surface area (Å²) in [5.74, 6) is 1.01. The topological polar surface area (TPSA) is 74.1 Å². The molecule has 1 rings (SSSR count). The highest BCUT2D eigenvalue weighted by Crippen LogP contribution is 2.32. The van der Waals surface area contributed by atoms with E-state index in [0.29, 0.717) is 18.8 Å². The number of hydrogen-bond acceptors (Lipinski definition) is 3. The Morgan fingerprint density at radius 3 is 2.47 bits per heavy atom. The van der Waals surface area contributed by atoms with Crippen LogP contribution >= 0.6 is 0 Å². The maximum Gasteiger partial charge on any atom is 0.234 e. The van der Waals surface area contributed by atoms with Crippen molar-refractivity contribution in [3.8, 4) is 0 Å². The van der Waals surface area contributed by atoms with E-state index in [1.165, 1.54) is 25.7 Å². The largest absolute Gasteiger partial charge is 0.359 e. The molecule has 166 valence electrons. The number of amidine groups is 1. The minimum atomic E-state index is -0.189. The normalized spacial score (nSPS) is 12.4. The van der Waals surface area contributed by atoms with E-state index in [0.717, 1.165) is 41.3 Å². The van der Waals surface area contributed by atoms with E-state index in [4.69, 9.17) is 0 Å². The number of nitrogens with zero attached hydrogens (tertiary/aromatic N) is 3. The lowest BCUT2D eigenvalue weighted by molar-refractivity contribution is -0.119. The van der Waals surface area contributed by atoms with Crippen LogP contribution in [-0.2, 0) is 9.59 Å². The Morgan fingerprint density at radius 2 is 1.87 bits per heavy atom. The summed E-state index contributed by atoms with van der Waals surface area (Å²) < 4.78 is 0. The Kier molecular flexibility index (Phi) is 11.6. The molecule has 0 aromatic heterocycles. The van der Waals surface area contributed by atoms with Crippen LogP contribution in [0, 0.1) is 19.8 Å². The number of rotatable bonds is 13.